The molecule has 2 heterocycles. The van der Waals surface area contributed by atoms with Crippen LogP contribution in [0.4, 0.5) is 5.69 Å². The van der Waals surface area contributed by atoms with Gasteiger partial charge in [0.25, 0.3) is 0 Å². The van der Waals surface area contributed by atoms with Crippen molar-refractivity contribution < 1.29 is 14.3 Å². The van der Waals surface area contributed by atoms with E-state index in [-0.39, 0.29) is 11.8 Å². The number of carbonyl (C=O) groups is 1. The maximum Gasteiger partial charge on any atom is 0.307 e. The molecular weight excluding hydrogens is 366 g/mol. The molecule has 0 aliphatic carbocycles. The number of hydrogen-bond acceptors (Lipinski definition) is 5. The lowest BCUT2D eigenvalue weighted by Gasteiger charge is -2.19. The van der Waals surface area contributed by atoms with Gasteiger partial charge in [-0.3, -0.25) is 4.79 Å². The predicted octanol–water partition coefficient (Wildman–Crippen LogP) is 3.81. The highest BCUT2D eigenvalue weighted by molar-refractivity contribution is 5.71. The van der Waals surface area contributed by atoms with Crippen molar-refractivity contribution in [1.29, 1.82) is 0 Å². The molecule has 1 aromatic heterocycles. The van der Waals surface area contributed by atoms with Crippen LogP contribution in [0.15, 0.2) is 65.5 Å². The van der Waals surface area contributed by atoms with Crippen LogP contribution in [0.3, 0.4) is 0 Å². The van der Waals surface area contributed by atoms with Crippen molar-refractivity contribution in [2.45, 2.75) is 19.4 Å². The van der Waals surface area contributed by atoms with Crippen molar-refractivity contribution in [3.05, 3.63) is 72.2 Å². The van der Waals surface area contributed by atoms with E-state index < -0.39 is 5.97 Å². The van der Waals surface area contributed by atoms with Crippen LogP contribution in [0.1, 0.15) is 17.5 Å². The number of benzene rings is 2. The van der Waals surface area contributed by atoms with E-state index in [4.69, 9.17) is 4.42 Å². The highest BCUT2D eigenvalue weighted by atomic mass is 16.4. The fraction of sp³-hybridized carbons (Fsp3) is 0.304. The normalized spacial score (nSPS) is 17.2. The zero-order valence-electron chi connectivity index (χ0n) is 16.2. The fourth-order valence-electron chi connectivity index (χ4n) is 3.91. The van der Waals surface area contributed by atoms with Gasteiger partial charge in [-0.25, -0.2) is 4.98 Å². The van der Waals surface area contributed by atoms with Crippen molar-refractivity contribution in [2.75, 3.05) is 18.4 Å². The van der Waals surface area contributed by atoms with E-state index in [0.717, 1.165) is 47.6 Å². The lowest BCUT2D eigenvalue weighted by Crippen LogP contribution is -2.27. The first-order valence-electron chi connectivity index (χ1n) is 9.93. The van der Waals surface area contributed by atoms with Crippen LogP contribution in [0.25, 0.3) is 11.3 Å². The average Bonchev–Trinajstić information content (AvgIpc) is 3.45. The van der Waals surface area contributed by atoms with Crippen molar-refractivity contribution >= 4 is 11.7 Å². The number of oxazole rings is 1. The summed E-state index contributed by atoms with van der Waals surface area (Å²) in [5.41, 5.74) is 4.20. The number of anilines is 1. The van der Waals surface area contributed by atoms with Gasteiger partial charge in [-0.15, -0.1) is 0 Å². The summed E-state index contributed by atoms with van der Waals surface area (Å²) in [6.07, 6.45) is 4.62. The maximum absolute atomic E-state index is 11.7. The SMILES string of the molecule is O=C(O)[C@@H](Cc1cccc(CNc2ccc(-c3cnco3)cc2)c1)[C@H]1CCNC1. The summed E-state index contributed by atoms with van der Waals surface area (Å²) in [5, 5.41) is 16.3. The first-order chi connectivity index (χ1) is 14.2. The summed E-state index contributed by atoms with van der Waals surface area (Å²) in [6.45, 7) is 2.38. The number of rotatable bonds is 8. The van der Waals surface area contributed by atoms with Crippen molar-refractivity contribution in [3.63, 3.8) is 0 Å². The first-order valence-corrected chi connectivity index (χ1v) is 9.93. The second kappa shape index (κ2) is 8.92. The standard InChI is InChI=1S/C23H25N3O3/c27-23(28)21(19-8-9-24-13-19)11-16-2-1-3-17(10-16)12-26-20-6-4-18(5-7-20)22-14-25-15-29-22/h1-7,10,14-15,19,21,24,26H,8-9,11-13H2,(H,27,28)/t19-,21-/m0/s1. The highest BCUT2D eigenvalue weighted by Gasteiger charge is 2.30. The lowest BCUT2D eigenvalue weighted by molar-refractivity contribution is -0.143. The van der Waals surface area contributed by atoms with Crippen LogP contribution < -0.4 is 10.6 Å². The number of nitrogens with one attached hydrogen (secondary N) is 2. The number of carboxylic acids is 1. The molecule has 3 N–H and O–H groups in total. The molecule has 0 bridgehead atoms. The minimum absolute atomic E-state index is 0.206. The molecule has 1 aliphatic rings. The maximum atomic E-state index is 11.7. The molecule has 6 nitrogen and oxygen atoms in total. The van der Waals surface area contributed by atoms with Crippen LogP contribution in [0, 0.1) is 11.8 Å². The second-order valence-electron chi connectivity index (χ2n) is 7.52. The first kappa shape index (κ1) is 19.2. The Hall–Kier alpha value is -3.12. The summed E-state index contributed by atoms with van der Waals surface area (Å²) in [7, 11) is 0. The molecule has 1 aliphatic heterocycles. The molecule has 1 saturated heterocycles. The van der Waals surface area contributed by atoms with E-state index in [0.29, 0.717) is 13.0 Å². The molecule has 0 spiro atoms. The fourth-order valence-corrected chi connectivity index (χ4v) is 3.91. The Morgan fingerprint density at radius 1 is 1.24 bits per heavy atom. The lowest BCUT2D eigenvalue weighted by atomic mass is 9.86. The zero-order chi connectivity index (χ0) is 20.1. The molecule has 0 saturated carbocycles. The van der Waals surface area contributed by atoms with Gasteiger partial charge >= 0.3 is 5.97 Å². The Kier molecular flexibility index (Phi) is 5.91. The largest absolute Gasteiger partial charge is 0.481 e. The van der Waals surface area contributed by atoms with Crippen LogP contribution in [0.5, 0.6) is 0 Å². The molecule has 6 heteroatoms. The van der Waals surface area contributed by atoms with Gasteiger partial charge in [-0.1, -0.05) is 24.3 Å². The van der Waals surface area contributed by atoms with Gasteiger partial charge in [0.15, 0.2) is 12.2 Å². The number of aliphatic carboxylic acids is 1. The minimum atomic E-state index is -0.700. The van der Waals surface area contributed by atoms with Crippen LogP contribution in [-0.4, -0.2) is 29.1 Å². The molecular formula is C23H25N3O3. The van der Waals surface area contributed by atoms with Crippen molar-refractivity contribution in [2.24, 2.45) is 11.8 Å². The Morgan fingerprint density at radius 3 is 2.76 bits per heavy atom. The number of hydrogen-bond donors (Lipinski definition) is 3. The zero-order valence-corrected chi connectivity index (χ0v) is 16.2. The molecule has 1 fully saturated rings. The number of aromatic nitrogens is 1. The molecule has 29 heavy (non-hydrogen) atoms. The Labute approximate surface area is 170 Å². The summed E-state index contributed by atoms with van der Waals surface area (Å²) in [5.74, 6) is -0.0854. The Bertz CT molecular complexity index is 932. The second-order valence-corrected chi connectivity index (χ2v) is 7.52. The minimum Gasteiger partial charge on any atom is -0.481 e. The van der Waals surface area contributed by atoms with Gasteiger partial charge < -0.3 is 20.2 Å². The van der Waals surface area contributed by atoms with Crippen LogP contribution >= 0.6 is 0 Å². The van der Waals surface area contributed by atoms with E-state index in [1.807, 2.05) is 36.4 Å². The monoisotopic (exact) mass is 391 g/mol. The Balaban J connectivity index is 1.38. The highest BCUT2D eigenvalue weighted by Crippen LogP contribution is 2.25. The molecule has 4 rings (SSSR count). The third-order valence-electron chi connectivity index (χ3n) is 5.53. The van der Waals surface area contributed by atoms with E-state index in [9.17, 15) is 9.90 Å². The summed E-state index contributed by atoms with van der Waals surface area (Å²) < 4.78 is 5.31. The van der Waals surface area contributed by atoms with Gasteiger partial charge in [0, 0.05) is 17.8 Å². The van der Waals surface area contributed by atoms with Gasteiger partial charge in [0.05, 0.1) is 12.1 Å². The van der Waals surface area contributed by atoms with Gasteiger partial charge in [0.2, 0.25) is 0 Å². The van der Waals surface area contributed by atoms with E-state index in [2.05, 4.69) is 27.8 Å². The Morgan fingerprint density at radius 2 is 2.07 bits per heavy atom. The summed E-state index contributed by atoms with van der Waals surface area (Å²) in [4.78, 5) is 15.7. The van der Waals surface area contributed by atoms with Crippen LogP contribution in [0.2, 0.25) is 0 Å². The quantitative estimate of drug-likeness (QED) is 0.541. The van der Waals surface area contributed by atoms with Crippen molar-refractivity contribution in [3.8, 4) is 11.3 Å². The van der Waals surface area contributed by atoms with Gasteiger partial charge in [-0.2, -0.15) is 0 Å². The van der Waals surface area contributed by atoms with E-state index in [1.54, 1.807) is 6.20 Å². The summed E-state index contributed by atoms with van der Waals surface area (Å²) >= 11 is 0. The third kappa shape index (κ3) is 4.84. The number of carboxylic acid groups (broad SMARTS) is 1. The predicted molar refractivity (Wildman–Crippen MR) is 112 cm³/mol. The molecule has 0 amide bonds. The molecule has 2 atom stereocenters. The van der Waals surface area contributed by atoms with Crippen LogP contribution in [-0.2, 0) is 17.8 Å². The van der Waals surface area contributed by atoms with Crippen molar-refractivity contribution in [1.82, 2.24) is 10.3 Å². The van der Waals surface area contributed by atoms with Gasteiger partial charge in [0.1, 0.15) is 0 Å². The average molecular weight is 391 g/mol. The topological polar surface area (TPSA) is 87.4 Å². The number of nitrogens with zero attached hydrogens (tertiary/aromatic N) is 1. The smallest absolute Gasteiger partial charge is 0.307 e. The summed E-state index contributed by atoms with van der Waals surface area (Å²) in [6, 6.07) is 16.2. The molecule has 2 aromatic carbocycles. The van der Waals surface area contributed by atoms with E-state index in [1.165, 1.54) is 6.39 Å². The molecule has 0 unspecified atom stereocenters. The molecule has 3 aromatic rings. The van der Waals surface area contributed by atoms with E-state index >= 15 is 0 Å². The third-order valence-corrected chi connectivity index (χ3v) is 5.53. The molecule has 0 radical (unpaired) electrons. The molecule has 150 valence electrons. The van der Waals surface area contributed by atoms with Gasteiger partial charge in [-0.05, 0) is 67.2 Å².